The molecule has 6 aromatic rings. The summed E-state index contributed by atoms with van der Waals surface area (Å²) in [6, 6.07) is 16.4. The molecule has 264 valence electrons. The number of nitrogens with one attached hydrogen (secondary N) is 2. The average molecular weight is 955 g/mol. The molecule has 2 N–H and O–H groups in total. The van der Waals surface area contributed by atoms with Crippen LogP contribution in [0.3, 0.4) is 0 Å². The summed E-state index contributed by atoms with van der Waals surface area (Å²) in [6.07, 6.45) is 0. The zero-order valence-electron chi connectivity index (χ0n) is 25.3. The standard InChI is InChI=1S/C29H18Br2Cl2FN7O5S5/c1-14-11-16(30)7-10-21(14)51(45,46)41(29-39-37-27(49-29)24-19(32)3-2-4-20(24)34)13-22(42)35-17-8-5-15(6-9-17)26-36-38-28(48-26)40-50(43,44)23-12-18(31)25(33)47-23/h2-12H,13H2,1H3,(H,35,42)(H,38,40). The van der Waals surface area contributed by atoms with Crippen LogP contribution >= 0.6 is 89.1 Å². The fourth-order valence-electron chi connectivity index (χ4n) is 4.43. The number of carbonyl (C=O) groups is 1. The van der Waals surface area contributed by atoms with Crippen molar-refractivity contribution in [3.63, 3.8) is 0 Å². The molecule has 3 heterocycles. The first-order valence-corrected chi connectivity index (χ1v) is 21.6. The molecule has 51 heavy (non-hydrogen) atoms. The molecule has 6 rings (SSSR count). The highest BCUT2D eigenvalue weighted by atomic mass is 79.9. The van der Waals surface area contributed by atoms with Gasteiger partial charge in [-0.05, 0) is 89.1 Å². The van der Waals surface area contributed by atoms with Crippen LogP contribution in [-0.2, 0) is 24.8 Å². The second-order valence-corrected chi connectivity index (χ2v) is 19.7. The van der Waals surface area contributed by atoms with Crippen molar-refractivity contribution in [3.8, 4) is 21.1 Å². The van der Waals surface area contributed by atoms with Gasteiger partial charge in [0.2, 0.25) is 16.2 Å². The molecule has 0 aliphatic heterocycles. The van der Waals surface area contributed by atoms with Gasteiger partial charge in [0, 0.05) is 20.2 Å². The summed E-state index contributed by atoms with van der Waals surface area (Å²) in [7, 11) is -8.34. The summed E-state index contributed by atoms with van der Waals surface area (Å²) in [6.45, 7) is 0.905. The Morgan fingerprint density at radius 2 is 1.63 bits per heavy atom. The molecule has 3 aromatic heterocycles. The van der Waals surface area contributed by atoms with Crippen molar-refractivity contribution in [2.24, 2.45) is 0 Å². The number of sulfonamides is 2. The third-order valence-electron chi connectivity index (χ3n) is 6.75. The first kappa shape index (κ1) is 37.7. The molecule has 0 spiro atoms. The van der Waals surface area contributed by atoms with E-state index in [1.54, 1.807) is 43.3 Å². The number of anilines is 3. The van der Waals surface area contributed by atoms with Gasteiger partial charge < -0.3 is 5.32 Å². The van der Waals surface area contributed by atoms with E-state index in [2.05, 4.69) is 62.3 Å². The Kier molecular flexibility index (Phi) is 11.2. The van der Waals surface area contributed by atoms with E-state index in [1.807, 2.05) is 0 Å². The highest BCUT2D eigenvalue weighted by Crippen LogP contribution is 2.38. The van der Waals surface area contributed by atoms with Crippen molar-refractivity contribution in [1.29, 1.82) is 0 Å². The highest BCUT2D eigenvalue weighted by molar-refractivity contribution is 9.10. The molecule has 1 amide bonds. The zero-order valence-corrected chi connectivity index (χ0v) is 34.0. The Hall–Kier alpha value is -3.08. The second-order valence-electron chi connectivity index (χ2n) is 10.2. The molecule has 22 heteroatoms. The van der Waals surface area contributed by atoms with Crippen LogP contribution in [0.25, 0.3) is 21.1 Å². The number of aromatic nitrogens is 4. The maximum atomic E-state index is 14.7. The maximum absolute atomic E-state index is 14.7. The third-order valence-corrected chi connectivity index (χ3v) is 15.8. The van der Waals surface area contributed by atoms with Gasteiger partial charge in [-0.25, -0.2) is 25.5 Å². The fourth-order valence-corrected chi connectivity index (χ4v) is 12.2. The molecule has 0 saturated heterocycles. The van der Waals surface area contributed by atoms with E-state index in [-0.39, 0.29) is 39.3 Å². The van der Waals surface area contributed by atoms with Gasteiger partial charge in [-0.1, -0.05) is 67.9 Å². The van der Waals surface area contributed by atoms with Crippen molar-refractivity contribution in [3.05, 3.63) is 96.4 Å². The van der Waals surface area contributed by atoms with E-state index in [9.17, 15) is 26.0 Å². The minimum absolute atomic E-state index is 0.00406. The Morgan fingerprint density at radius 3 is 2.29 bits per heavy atom. The van der Waals surface area contributed by atoms with E-state index >= 15 is 0 Å². The molecule has 0 unspecified atom stereocenters. The molecule has 0 atom stereocenters. The summed E-state index contributed by atoms with van der Waals surface area (Å²) in [5.41, 5.74) is 1.25. The Labute approximate surface area is 329 Å². The lowest BCUT2D eigenvalue weighted by atomic mass is 10.2. The van der Waals surface area contributed by atoms with Crippen LogP contribution < -0.4 is 14.3 Å². The van der Waals surface area contributed by atoms with Gasteiger partial charge >= 0.3 is 0 Å². The predicted octanol–water partition coefficient (Wildman–Crippen LogP) is 8.70. The second kappa shape index (κ2) is 15.1. The lowest BCUT2D eigenvalue weighted by Crippen LogP contribution is -2.38. The molecule has 0 radical (unpaired) electrons. The van der Waals surface area contributed by atoms with Gasteiger partial charge in [-0.2, -0.15) is 0 Å². The van der Waals surface area contributed by atoms with E-state index in [0.29, 0.717) is 30.8 Å². The monoisotopic (exact) mass is 951 g/mol. The first-order valence-electron chi connectivity index (χ1n) is 13.9. The summed E-state index contributed by atoms with van der Waals surface area (Å²) in [4.78, 5) is 13.3. The number of thiophene rings is 1. The van der Waals surface area contributed by atoms with E-state index in [4.69, 9.17) is 23.2 Å². The van der Waals surface area contributed by atoms with Gasteiger partial charge in [0.1, 0.15) is 25.9 Å². The van der Waals surface area contributed by atoms with E-state index < -0.39 is 38.3 Å². The summed E-state index contributed by atoms with van der Waals surface area (Å²) in [5.74, 6) is -1.39. The van der Waals surface area contributed by atoms with Gasteiger partial charge in [0.25, 0.3) is 20.0 Å². The summed E-state index contributed by atoms with van der Waals surface area (Å²) in [5, 5.41) is 18.9. The molecular formula is C29H18Br2Cl2FN7O5S5. The van der Waals surface area contributed by atoms with Crippen molar-refractivity contribution in [2.75, 3.05) is 20.9 Å². The third kappa shape index (κ3) is 8.28. The largest absolute Gasteiger partial charge is 0.325 e. The van der Waals surface area contributed by atoms with Crippen LogP contribution in [0, 0.1) is 12.7 Å². The smallest absolute Gasteiger partial charge is 0.273 e. The van der Waals surface area contributed by atoms with Crippen molar-refractivity contribution < 1.29 is 26.0 Å². The number of halogens is 5. The van der Waals surface area contributed by atoms with Crippen LogP contribution in [0.1, 0.15) is 5.56 Å². The minimum Gasteiger partial charge on any atom is -0.325 e. The normalized spacial score (nSPS) is 11.8. The van der Waals surface area contributed by atoms with Crippen LogP contribution in [0.4, 0.5) is 20.3 Å². The number of benzene rings is 3. The molecule has 0 bridgehead atoms. The van der Waals surface area contributed by atoms with Crippen LogP contribution in [-0.4, -0.2) is 49.7 Å². The number of hydrogen-bond acceptors (Lipinski definition) is 12. The number of hydrogen-bond donors (Lipinski definition) is 2. The summed E-state index contributed by atoms with van der Waals surface area (Å²) < 4.78 is 72.8. The number of aryl methyl sites for hydroxylation is 1. The van der Waals surface area contributed by atoms with Gasteiger partial charge in [0.15, 0.2) is 5.01 Å². The van der Waals surface area contributed by atoms with E-state index in [1.165, 1.54) is 30.3 Å². The van der Waals surface area contributed by atoms with Crippen LogP contribution in [0.5, 0.6) is 0 Å². The van der Waals surface area contributed by atoms with Gasteiger partial charge in [0.05, 0.1) is 15.5 Å². The number of amides is 1. The van der Waals surface area contributed by atoms with Gasteiger partial charge in [-0.3, -0.25) is 9.52 Å². The molecule has 0 saturated carbocycles. The number of nitrogens with zero attached hydrogens (tertiary/aromatic N) is 5. The minimum atomic E-state index is -4.39. The zero-order chi connectivity index (χ0) is 36.7. The van der Waals surface area contributed by atoms with E-state index in [0.717, 1.165) is 38.3 Å². The Balaban J connectivity index is 1.21. The average Bonchev–Trinajstić information content (AvgIpc) is 3.81. The molecule has 0 fully saturated rings. The van der Waals surface area contributed by atoms with Crippen molar-refractivity contribution in [2.45, 2.75) is 16.0 Å². The SMILES string of the molecule is Cc1cc(Br)ccc1S(=O)(=O)N(CC(=O)Nc1ccc(-c2nnc(NS(=O)(=O)c3cc(Br)c(Cl)s3)s2)cc1)c1nnc(-c2c(F)cccc2Cl)s1. The fraction of sp³-hybridized carbons (Fsp3) is 0.0690. The van der Waals surface area contributed by atoms with Crippen molar-refractivity contribution in [1.82, 2.24) is 20.4 Å². The molecule has 12 nitrogen and oxygen atoms in total. The lowest BCUT2D eigenvalue weighted by molar-refractivity contribution is -0.114. The number of carbonyl (C=O) groups excluding carboxylic acids is 1. The quantitative estimate of drug-likeness (QED) is 0.129. The molecule has 0 aliphatic rings. The first-order chi connectivity index (χ1) is 24.1. The van der Waals surface area contributed by atoms with Crippen LogP contribution in [0.15, 0.2) is 84.8 Å². The lowest BCUT2D eigenvalue weighted by Gasteiger charge is -2.22. The molecular weight excluding hydrogens is 936 g/mol. The molecule has 0 aliphatic carbocycles. The topological polar surface area (TPSA) is 164 Å². The summed E-state index contributed by atoms with van der Waals surface area (Å²) >= 11 is 21.3. The predicted molar refractivity (Wildman–Crippen MR) is 206 cm³/mol. The van der Waals surface area contributed by atoms with Gasteiger partial charge in [-0.15, -0.1) is 31.7 Å². The van der Waals surface area contributed by atoms with Crippen molar-refractivity contribution >= 4 is 131 Å². The Morgan fingerprint density at radius 1 is 0.902 bits per heavy atom. The number of rotatable bonds is 11. The molecule has 3 aromatic carbocycles. The highest BCUT2D eigenvalue weighted by Gasteiger charge is 2.32. The van der Waals surface area contributed by atoms with Crippen LogP contribution in [0.2, 0.25) is 9.36 Å². The maximum Gasteiger partial charge on any atom is 0.273 e. The Bertz CT molecular complexity index is 2480.